The van der Waals surface area contributed by atoms with E-state index < -0.39 is 6.67 Å². The number of hydrogen-bond donors (Lipinski definition) is 0. The van der Waals surface area contributed by atoms with Gasteiger partial charge in [0.2, 0.25) is 0 Å². The van der Waals surface area contributed by atoms with Crippen LogP contribution in [0.1, 0.15) is 52.4 Å². The minimum absolute atomic E-state index is 0.0449. The molecule has 4 aliphatic carbocycles. The van der Waals surface area contributed by atoms with Crippen molar-refractivity contribution >= 4 is 11.6 Å². The fourth-order valence-electron chi connectivity index (χ4n) is 6.62. The van der Waals surface area contributed by atoms with Crippen LogP contribution in [0.25, 0.3) is 0 Å². The summed E-state index contributed by atoms with van der Waals surface area (Å²) in [5.74, 6) is 1.47. The highest BCUT2D eigenvalue weighted by Gasteiger charge is 2.59. The Morgan fingerprint density at radius 2 is 2.00 bits per heavy atom. The molecular formula is C21H27FO2. The monoisotopic (exact) mass is 330 g/mol. The molecule has 0 saturated heterocycles. The molecule has 0 aliphatic heterocycles. The number of Topliss-reactive ketones (excluding diaryl/α,β-unsaturated/α-hetero) is 1. The van der Waals surface area contributed by atoms with Gasteiger partial charge in [-0.15, -0.1) is 0 Å². The van der Waals surface area contributed by atoms with E-state index in [4.69, 9.17) is 0 Å². The maximum Gasteiger partial charge on any atom is 0.167 e. The predicted octanol–water partition coefficient (Wildman–Crippen LogP) is 4.45. The number of hydrogen-bond acceptors (Lipinski definition) is 2. The Balaban J connectivity index is 1.70. The first-order valence-electron chi connectivity index (χ1n) is 9.42. The van der Waals surface area contributed by atoms with Crippen LogP contribution in [0.4, 0.5) is 4.39 Å². The van der Waals surface area contributed by atoms with E-state index in [0.717, 1.165) is 32.1 Å². The lowest BCUT2D eigenvalue weighted by Crippen LogP contribution is -2.49. The van der Waals surface area contributed by atoms with Gasteiger partial charge in [-0.25, -0.2) is 4.39 Å². The van der Waals surface area contributed by atoms with Crippen LogP contribution in [0.3, 0.4) is 0 Å². The molecule has 2 saturated carbocycles. The molecule has 0 aromatic carbocycles. The Hall–Kier alpha value is -1.25. The topological polar surface area (TPSA) is 34.1 Å². The van der Waals surface area contributed by atoms with Gasteiger partial charge in [0, 0.05) is 12.3 Å². The molecule has 2 fully saturated rings. The summed E-state index contributed by atoms with van der Waals surface area (Å²) in [5, 5.41) is 0. The van der Waals surface area contributed by atoms with Gasteiger partial charge in [-0.3, -0.25) is 9.59 Å². The molecule has 0 heterocycles. The number of ketones is 2. The zero-order chi connectivity index (χ0) is 17.1. The predicted molar refractivity (Wildman–Crippen MR) is 91.1 cm³/mol. The van der Waals surface area contributed by atoms with Crippen molar-refractivity contribution in [2.75, 3.05) is 6.67 Å². The van der Waals surface area contributed by atoms with Gasteiger partial charge in [0.05, 0.1) is 0 Å². The summed E-state index contributed by atoms with van der Waals surface area (Å²) < 4.78 is 13.0. The average molecular weight is 330 g/mol. The van der Waals surface area contributed by atoms with Gasteiger partial charge in [0.1, 0.15) is 6.67 Å². The molecule has 3 heteroatoms. The summed E-state index contributed by atoms with van der Waals surface area (Å²) in [5.41, 5.74) is 1.26. The molecular weight excluding hydrogens is 303 g/mol. The van der Waals surface area contributed by atoms with E-state index in [9.17, 15) is 14.0 Å². The number of fused-ring (bicyclic) bond motifs is 5. The van der Waals surface area contributed by atoms with Gasteiger partial charge < -0.3 is 0 Å². The molecule has 130 valence electrons. The van der Waals surface area contributed by atoms with Gasteiger partial charge in [-0.2, -0.15) is 0 Å². The van der Waals surface area contributed by atoms with Gasteiger partial charge in [-0.1, -0.05) is 26.0 Å². The number of allylic oxidation sites excluding steroid dienone is 4. The van der Waals surface area contributed by atoms with Crippen molar-refractivity contribution < 1.29 is 14.0 Å². The number of halogens is 1. The molecule has 4 aliphatic rings. The Labute approximate surface area is 143 Å². The molecule has 0 aromatic rings. The second-order valence-electron chi connectivity index (χ2n) is 8.91. The molecule has 4 rings (SSSR count). The minimum atomic E-state index is -0.816. The van der Waals surface area contributed by atoms with Crippen LogP contribution in [0.5, 0.6) is 0 Å². The molecule has 0 aromatic heterocycles. The van der Waals surface area contributed by atoms with Crippen molar-refractivity contribution in [3.63, 3.8) is 0 Å². The van der Waals surface area contributed by atoms with Gasteiger partial charge in [0.25, 0.3) is 0 Å². The summed E-state index contributed by atoms with van der Waals surface area (Å²) in [6.45, 7) is 3.74. The minimum Gasteiger partial charge on any atom is -0.296 e. The standard InChI is InChI=1S/C21H27FO2/c1-20-9-7-14(23)11-13(20)3-4-15-16-5-6-18(19(24)12-22)21(16,2)10-8-17(15)20/h3-4,11,15-18H,5-10,12H2,1-2H3/t15-,16-,17-,18+,20-,21-/m0/s1. The van der Waals surface area contributed by atoms with Crippen molar-refractivity contribution in [3.05, 3.63) is 23.8 Å². The van der Waals surface area contributed by atoms with Crippen LogP contribution >= 0.6 is 0 Å². The lowest BCUT2D eigenvalue weighted by atomic mass is 9.48. The van der Waals surface area contributed by atoms with E-state index in [2.05, 4.69) is 26.0 Å². The van der Waals surface area contributed by atoms with Crippen LogP contribution in [0.2, 0.25) is 0 Å². The molecule has 0 radical (unpaired) electrons. The van der Waals surface area contributed by atoms with Crippen molar-refractivity contribution in [3.8, 4) is 0 Å². The Kier molecular flexibility index (Phi) is 3.63. The SMILES string of the molecule is C[C@]12CC[C@H]3[C@@H](C=CC4=CC(=O)CC[C@@]43C)[C@@H]1CC[C@@H]2C(=O)CF. The molecule has 0 amide bonds. The molecule has 0 N–H and O–H groups in total. The number of alkyl halides is 1. The van der Waals surface area contributed by atoms with Crippen molar-refractivity contribution in [1.29, 1.82) is 0 Å². The van der Waals surface area contributed by atoms with Crippen molar-refractivity contribution in [2.24, 2.45) is 34.5 Å². The first kappa shape index (κ1) is 16.2. The van der Waals surface area contributed by atoms with E-state index >= 15 is 0 Å². The van der Waals surface area contributed by atoms with Gasteiger partial charge >= 0.3 is 0 Å². The molecule has 6 atom stereocenters. The van der Waals surface area contributed by atoms with E-state index in [1.165, 1.54) is 5.57 Å². The van der Waals surface area contributed by atoms with E-state index in [-0.39, 0.29) is 28.3 Å². The second kappa shape index (κ2) is 5.37. The summed E-state index contributed by atoms with van der Waals surface area (Å²) in [6.07, 6.45) is 11.9. The first-order chi connectivity index (χ1) is 11.4. The van der Waals surface area contributed by atoms with Crippen LogP contribution in [-0.4, -0.2) is 18.2 Å². The van der Waals surface area contributed by atoms with Gasteiger partial charge in [0.15, 0.2) is 11.6 Å². The Morgan fingerprint density at radius 3 is 2.75 bits per heavy atom. The number of rotatable bonds is 2. The zero-order valence-corrected chi connectivity index (χ0v) is 14.7. The zero-order valence-electron chi connectivity index (χ0n) is 14.7. The molecule has 0 bridgehead atoms. The van der Waals surface area contributed by atoms with Crippen LogP contribution < -0.4 is 0 Å². The van der Waals surface area contributed by atoms with Crippen LogP contribution in [0, 0.1) is 34.5 Å². The third-order valence-electron chi connectivity index (χ3n) is 8.04. The van der Waals surface area contributed by atoms with Crippen LogP contribution in [-0.2, 0) is 9.59 Å². The molecule has 2 nitrogen and oxygen atoms in total. The van der Waals surface area contributed by atoms with Crippen molar-refractivity contribution in [2.45, 2.75) is 52.4 Å². The molecule has 24 heavy (non-hydrogen) atoms. The highest BCUT2D eigenvalue weighted by Crippen LogP contribution is 2.65. The van der Waals surface area contributed by atoms with E-state index in [1.54, 1.807) is 0 Å². The average Bonchev–Trinajstić information content (AvgIpc) is 2.92. The summed E-state index contributed by atoms with van der Waals surface area (Å²) >= 11 is 0. The third-order valence-corrected chi connectivity index (χ3v) is 8.04. The molecule has 0 unspecified atom stereocenters. The van der Waals surface area contributed by atoms with Gasteiger partial charge in [-0.05, 0) is 72.3 Å². The van der Waals surface area contributed by atoms with Crippen LogP contribution in [0.15, 0.2) is 23.8 Å². The van der Waals surface area contributed by atoms with E-state index in [1.807, 2.05) is 6.08 Å². The summed E-state index contributed by atoms with van der Waals surface area (Å²) in [4.78, 5) is 23.9. The second-order valence-corrected chi connectivity index (χ2v) is 8.91. The summed E-state index contributed by atoms with van der Waals surface area (Å²) in [6, 6.07) is 0. The molecule has 0 spiro atoms. The third kappa shape index (κ3) is 2.06. The normalized spacial score (nSPS) is 46.8. The highest BCUT2D eigenvalue weighted by atomic mass is 19.1. The quantitative estimate of drug-likeness (QED) is 0.749. The maximum atomic E-state index is 13.0. The fraction of sp³-hybridized carbons (Fsp3) is 0.714. The fourth-order valence-corrected chi connectivity index (χ4v) is 6.62. The maximum absolute atomic E-state index is 13.0. The Morgan fingerprint density at radius 1 is 1.21 bits per heavy atom. The smallest absolute Gasteiger partial charge is 0.167 e. The highest BCUT2D eigenvalue weighted by molar-refractivity contribution is 5.92. The Bertz CT molecular complexity index is 648. The largest absolute Gasteiger partial charge is 0.296 e. The number of carbonyl (C=O) groups is 2. The lowest BCUT2D eigenvalue weighted by Gasteiger charge is -2.55. The summed E-state index contributed by atoms with van der Waals surface area (Å²) in [7, 11) is 0. The number of carbonyl (C=O) groups excluding carboxylic acids is 2. The van der Waals surface area contributed by atoms with E-state index in [0.29, 0.717) is 24.2 Å². The first-order valence-corrected chi connectivity index (χ1v) is 9.42. The lowest BCUT2D eigenvalue weighted by molar-refractivity contribution is -0.129. The van der Waals surface area contributed by atoms with Crippen molar-refractivity contribution in [1.82, 2.24) is 0 Å².